The van der Waals surface area contributed by atoms with Crippen LogP contribution in [0.5, 0.6) is 0 Å². The second-order valence-corrected chi connectivity index (χ2v) is 9.22. The fraction of sp³-hybridized carbons (Fsp3) is 0.448. The number of hydrogen-bond acceptors (Lipinski definition) is 6. The number of aryl methyl sites for hydroxylation is 1. The summed E-state index contributed by atoms with van der Waals surface area (Å²) in [5.41, 5.74) is 7.17. The van der Waals surface area contributed by atoms with Crippen molar-refractivity contribution in [2.75, 3.05) is 18.5 Å². The van der Waals surface area contributed by atoms with Crippen molar-refractivity contribution >= 4 is 12.2 Å². The number of nitrogens with one attached hydrogen (secondary N) is 1. The van der Waals surface area contributed by atoms with Gasteiger partial charge in [-0.15, -0.1) is 0 Å². The molecule has 1 aliphatic carbocycles. The van der Waals surface area contributed by atoms with Crippen LogP contribution in [0.15, 0.2) is 53.1 Å². The fourth-order valence-electron chi connectivity index (χ4n) is 4.35. The van der Waals surface area contributed by atoms with Gasteiger partial charge in [-0.3, -0.25) is 4.79 Å². The lowest BCUT2D eigenvalue weighted by molar-refractivity contribution is -0.128. The number of benzene rings is 2. The van der Waals surface area contributed by atoms with Crippen molar-refractivity contribution in [3.05, 3.63) is 59.8 Å². The first-order valence-corrected chi connectivity index (χ1v) is 12.6. The van der Waals surface area contributed by atoms with Gasteiger partial charge in [-0.2, -0.15) is 0 Å². The van der Waals surface area contributed by atoms with E-state index in [1.165, 1.54) is 36.0 Å². The Labute approximate surface area is 208 Å². The zero-order valence-corrected chi connectivity index (χ0v) is 21.3. The Kier molecular flexibility index (Phi) is 9.49. The van der Waals surface area contributed by atoms with Crippen LogP contribution in [0.1, 0.15) is 64.1 Å². The Morgan fingerprint density at radius 3 is 2.17 bits per heavy atom. The molecule has 1 heterocycles. The van der Waals surface area contributed by atoms with Crippen LogP contribution in [0.25, 0.3) is 22.5 Å². The molecule has 2 aromatic carbocycles. The van der Waals surface area contributed by atoms with Gasteiger partial charge in [0, 0.05) is 18.2 Å². The number of aliphatic hydroxyl groups is 1. The number of carbonyl (C=O) groups is 1. The summed E-state index contributed by atoms with van der Waals surface area (Å²) in [6.07, 6.45) is 5.55. The van der Waals surface area contributed by atoms with E-state index in [0.717, 1.165) is 35.5 Å². The first-order chi connectivity index (χ1) is 17.0. The van der Waals surface area contributed by atoms with E-state index in [1.807, 2.05) is 6.92 Å². The molecular formula is C29H38N2O4. The smallest absolute Gasteiger partial charge is 0.293 e. The number of hydrogen-bond donors (Lipinski definition) is 2. The molecule has 1 aliphatic rings. The third kappa shape index (κ3) is 6.73. The summed E-state index contributed by atoms with van der Waals surface area (Å²) in [6, 6.07) is 17.8. The van der Waals surface area contributed by atoms with Gasteiger partial charge in [0.05, 0.1) is 6.61 Å². The second kappa shape index (κ2) is 12.5. The largest absolute Gasteiger partial charge is 0.468 e. The summed E-state index contributed by atoms with van der Waals surface area (Å²) in [7, 11) is 0. The summed E-state index contributed by atoms with van der Waals surface area (Å²) in [5, 5.41) is 16.7. The zero-order valence-electron chi connectivity index (χ0n) is 21.3. The number of aliphatic hydroxyl groups excluding tert-OH is 1. The average Bonchev–Trinajstić information content (AvgIpc) is 3.62. The average molecular weight is 479 g/mol. The highest BCUT2D eigenvalue weighted by Crippen LogP contribution is 2.51. The molecule has 35 heavy (non-hydrogen) atoms. The topological polar surface area (TPSA) is 84.6 Å². The number of ether oxygens (including phenoxy) is 1. The molecule has 0 aliphatic heterocycles. The van der Waals surface area contributed by atoms with Crippen molar-refractivity contribution in [3.8, 4) is 22.5 Å². The molecule has 0 amide bonds. The van der Waals surface area contributed by atoms with Crippen LogP contribution in [0.4, 0.5) is 5.69 Å². The van der Waals surface area contributed by atoms with Crippen LogP contribution in [0.2, 0.25) is 0 Å². The first kappa shape index (κ1) is 26.5. The Bertz CT molecular complexity index is 1050. The predicted molar refractivity (Wildman–Crippen MR) is 140 cm³/mol. The maximum absolute atomic E-state index is 9.18. The van der Waals surface area contributed by atoms with Crippen molar-refractivity contribution < 1.29 is 19.2 Å². The molecule has 1 aromatic heterocycles. The third-order valence-electron chi connectivity index (χ3n) is 6.79. The lowest BCUT2D eigenvalue weighted by Crippen LogP contribution is -2.16. The van der Waals surface area contributed by atoms with E-state index in [1.54, 1.807) is 6.92 Å². The first-order valence-electron chi connectivity index (χ1n) is 12.6. The highest BCUT2D eigenvalue weighted by molar-refractivity contribution is 5.76. The number of rotatable bonds is 11. The van der Waals surface area contributed by atoms with Gasteiger partial charge in [0.15, 0.2) is 5.76 Å². The minimum absolute atomic E-state index is 0.212. The number of nitrogens with zero attached hydrogens (tertiary/aromatic N) is 1. The van der Waals surface area contributed by atoms with Gasteiger partial charge >= 0.3 is 0 Å². The number of aromatic nitrogens is 1. The highest BCUT2D eigenvalue weighted by atomic mass is 16.5. The van der Waals surface area contributed by atoms with E-state index in [9.17, 15) is 4.79 Å². The van der Waals surface area contributed by atoms with Crippen molar-refractivity contribution in [1.82, 2.24) is 5.16 Å². The van der Waals surface area contributed by atoms with E-state index < -0.39 is 0 Å². The third-order valence-corrected chi connectivity index (χ3v) is 6.79. The van der Waals surface area contributed by atoms with Crippen molar-refractivity contribution in [3.63, 3.8) is 0 Å². The van der Waals surface area contributed by atoms with Crippen LogP contribution in [-0.4, -0.2) is 36.0 Å². The van der Waals surface area contributed by atoms with Gasteiger partial charge in [0.25, 0.3) is 6.47 Å². The molecule has 1 unspecified atom stereocenters. The van der Waals surface area contributed by atoms with E-state index in [2.05, 4.69) is 77.6 Å². The van der Waals surface area contributed by atoms with Gasteiger partial charge in [-0.25, -0.2) is 0 Å². The maximum Gasteiger partial charge on any atom is 0.293 e. The van der Waals surface area contributed by atoms with Crippen LogP contribution in [0, 0.1) is 6.92 Å². The van der Waals surface area contributed by atoms with Crippen molar-refractivity contribution in [1.29, 1.82) is 0 Å². The minimum atomic E-state index is 0.212. The number of anilines is 1. The van der Waals surface area contributed by atoms with Crippen LogP contribution in [0.3, 0.4) is 0 Å². The molecule has 3 aromatic rings. The van der Waals surface area contributed by atoms with Gasteiger partial charge in [0.2, 0.25) is 0 Å². The highest BCUT2D eigenvalue weighted by Gasteiger charge is 2.41. The molecule has 0 saturated heterocycles. The monoisotopic (exact) mass is 478 g/mol. The van der Waals surface area contributed by atoms with Gasteiger partial charge in [0.1, 0.15) is 11.4 Å². The zero-order chi connectivity index (χ0) is 25.3. The summed E-state index contributed by atoms with van der Waals surface area (Å²) >= 11 is 0. The molecule has 6 nitrogen and oxygen atoms in total. The van der Waals surface area contributed by atoms with Gasteiger partial charge < -0.3 is 19.7 Å². The summed E-state index contributed by atoms with van der Waals surface area (Å²) in [4.78, 5) is 9.18. The molecule has 0 bridgehead atoms. The summed E-state index contributed by atoms with van der Waals surface area (Å²) < 4.78 is 9.80. The van der Waals surface area contributed by atoms with Crippen LogP contribution in [-0.2, 0) is 14.9 Å². The second-order valence-electron chi connectivity index (χ2n) is 9.22. The molecular weight excluding hydrogens is 440 g/mol. The van der Waals surface area contributed by atoms with Crippen LogP contribution < -0.4 is 5.32 Å². The molecule has 1 fully saturated rings. The molecule has 4 rings (SSSR count). The Morgan fingerprint density at radius 2 is 1.69 bits per heavy atom. The SMILES string of the molecule is CCC1(c2ccc(-c3ccc(-c4onc(C)c4NC(C)CCCO)cc3)cc2)CC1.CCOC=O. The molecule has 1 atom stereocenters. The Hall–Kier alpha value is -3.12. The van der Waals surface area contributed by atoms with Crippen molar-refractivity contribution in [2.24, 2.45) is 0 Å². The molecule has 6 heteroatoms. The lowest BCUT2D eigenvalue weighted by atomic mass is 9.91. The lowest BCUT2D eigenvalue weighted by Gasteiger charge is -2.15. The molecule has 188 valence electrons. The van der Waals surface area contributed by atoms with E-state index in [-0.39, 0.29) is 12.6 Å². The standard InChI is InChI=1S/C26H32N2O2.C3H6O2/c1-4-26(15-16-26)23-13-11-21(12-14-23)20-7-9-22(10-8-20)25-24(19(3)28-30-25)27-18(2)6-5-17-29;1-2-5-3-4/h7-14,18,27,29H,4-6,15-17H2,1-3H3;3H,2H2,1H3. The van der Waals surface area contributed by atoms with Gasteiger partial charge in [-0.1, -0.05) is 60.6 Å². The van der Waals surface area contributed by atoms with Crippen molar-refractivity contribution in [2.45, 2.75) is 71.3 Å². The molecule has 2 N–H and O–H groups in total. The quantitative estimate of drug-likeness (QED) is 0.306. The minimum Gasteiger partial charge on any atom is -0.468 e. The maximum atomic E-state index is 9.18. The van der Waals surface area contributed by atoms with Gasteiger partial charge in [-0.05, 0) is 75.0 Å². The predicted octanol–water partition coefficient (Wildman–Crippen LogP) is 6.51. The van der Waals surface area contributed by atoms with E-state index >= 15 is 0 Å². The molecule has 1 saturated carbocycles. The Balaban J connectivity index is 0.000000623. The summed E-state index contributed by atoms with van der Waals surface area (Å²) in [5.74, 6) is 0.767. The molecule has 0 radical (unpaired) electrons. The fourth-order valence-corrected chi connectivity index (χ4v) is 4.35. The molecule has 0 spiro atoms. The van der Waals surface area contributed by atoms with E-state index in [0.29, 0.717) is 18.5 Å². The van der Waals surface area contributed by atoms with E-state index in [4.69, 9.17) is 9.63 Å². The summed E-state index contributed by atoms with van der Waals surface area (Å²) in [6.45, 7) is 9.23. The Morgan fingerprint density at radius 1 is 1.09 bits per heavy atom. The van der Waals surface area contributed by atoms with Crippen LogP contribution >= 0.6 is 0 Å². The normalized spacial score (nSPS) is 14.4. The number of carbonyl (C=O) groups excluding carboxylic acids is 1.